The molecule has 29 heavy (non-hydrogen) atoms. The molecule has 0 atom stereocenters. The van der Waals surface area contributed by atoms with E-state index >= 15 is 0 Å². The van der Waals surface area contributed by atoms with Crippen LogP contribution in [0.5, 0.6) is 0 Å². The van der Waals surface area contributed by atoms with Gasteiger partial charge in [-0.1, -0.05) is 26.0 Å². The smallest absolute Gasteiger partial charge is 0.277 e. The third-order valence-electron chi connectivity index (χ3n) is 5.61. The van der Waals surface area contributed by atoms with Crippen molar-refractivity contribution in [1.29, 1.82) is 0 Å². The van der Waals surface area contributed by atoms with Crippen LogP contribution in [-0.4, -0.2) is 26.6 Å². The van der Waals surface area contributed by atoms with Gasteiger partial charge in [-0.05, 0) is 55.7 Å². The number of aromatic nitrogens is 3. The molecule has 4 rings (SSSR count). The maximum Gasteiger partial charge on any atom is 0.277 e. The molecule has 1 N–H and O–H groups in total. The van der Waals surface area contributed by atoms with Gasteiger partial charge in [0.2, 0.25) is 0 Å². The minimum absolute atomic E-state index is 0.00125. The molecule has 1 aliphatic rings. The highest BCUT2D eigenvalue weighted by Crippen LogP contribution is 2.22. The van der Waals surface area contributed by atoms with Crippen LogP contribution in [0, 0.1) is 5.92 Å². The summed E-state index contributed by atoms with van der Waals surface area (Å²) < 4.78 is 3.46. The largest absolute Gasteiger partial charge is 0.352 e. The maximum absolute atomic E-state index is 13.1. The van der Waals surface area contributed by atoms with Crippen molar-refractivity contribution in [3.8, 4) is 0 Å². The molecule has 1 aliphatic carbocycles. The van der Waals surface area contributed by atoms with Gasteiger partial charge in [0.1, 0.15) is 5.52 Å². The highest BCUT2D eigenvalue weighted by Gasteiger charge is 2.19. The Morgan fingerprint density at radius 3 is 2.66 bits per heavy atom. The molecule has 6 nitrogen and oxygen atoms in total. The number of hydrogen-bond acceptors (Lipinski definition) is 3. The minimum Gasteiger partial charge on any atom is -0.352 e. The lowest BCUT2D eigenvalue weighted by atomic mass is 9.97. The molecule has 0 saturated heterocycles. The van der Waals surface area contributed by atoms with Crippen molar-refractivity contribution in [2.75, 3.05) is 6.54 Å². The average molecular weight is 393 g/mol. The molecule has 152 valence electrons. The van der Waals surface area contributed by atoms with Gasteiger partial charge >= 0.3 is 0 Å². The van der Waals surface area contributed by atoms with Crippen LogP contribution in [-0.2, 0) is 19.4 Å². The summed E-state index contributed by atoms with van der Waals surface area (Å²) in [5, 5.41) is 7.54. The number of fused-ring (bicyclic) bond motifs is 3. The summed E-state index contributed by atoms with van der Waals surface area (Å²) in [4.78, 5) is 25.3. The molecule has 0 bridgehead atoms. The summed E-state index contributed by atoms with van der Waals surface area (Å²) in [5.74, 6) is 0.511. The molecule has 2 aromatic heterocycles. The van der Waals surface area contributed by atoms with E-state index in [2.05, 4.69) is 24.3 Å². The summed E-state index contributed by atoms with van der Waals surface area (Å²) >= 11 is 0. The Morgan fingerprint density at radius 1 is 1.14 bits per heavy atom. The zero-order chi connectivity index (χ0) is 20.4. The molecule has 0 radical (unpaired) electrons. The number of carbonyl (C=O) groups excluding carboxylic acids is 1. The third-order valence-corrected chi connectivity index (χ3v) is 5.61. The second-order valence-corrected chi connectivity index (χ2v) is 8.29. The van der Waals surface area contributed by atoms with E-state index in [0.29, 0.717) is 30.1 Å². The molecule has 1 aromatic carbocycles. The van der Waals surface area contributed by atoms with Crippen LogP contribution in [0.2, 0.25) is 0 Å². The van der Waals surface area contributed by atoms with E-state index in [4.69, 9.17) is 0 Å². The van der Waals surface area contributed by atoms with Crippen LogP contribution in [0.3, 0.4) is 0 Å². The quantitative estimate of drug-likeness (QED) is 0.700. The summed E-state index contributed by atoms with van der Waals surface area (Å²) in [7, 11) is 0. The number of carbonyl (C=O) groups is 1. The monoisotopic (exact) mass is 392 g/mol. The van der Waals surface area contributed by atoms with Gasteiger partial charge in [-0.15, -0.1) is 0 Å². The lowest BCUT2D eigenvalue weighted by molar-refractivity contribution is 0.0952. The van der Waals surface area contributed by atoms with E-state index in [1.54, 1.807) is 15.3 Å². The number of nitrogens with one attached hydrogen (secondary N) is 1. The first-order valence-corrected chi connectivity index (χ1v) is 10.5. The molecular weight excluding hydrogens is 364 g/mol. The molecule has 3 aromatic rings. The van der Waals surface area contributed by atoms with Crippen molar-refractivity contribution < 1.29 is 4.79 Å². The lowest BCUT2D eigenvalue weighted by Gasteiger charge is -2.10. The normalized spacial score (nSPS) is 13.6. The molecule has 0 unspecified atom stereocenters. The van der Waals surface area contributed by atoms with Gasteiger partial charge in [-0.2, -0.15) is 5.10 Å². The summed E-state index contributed by atoms with van der Waals surface area (Å²) in [5.41, 5.74) is 4.53. The first-order chi connectivity index (χ1) is 14.0. The Kier molecular flexibility index (Phi) is 5.51. The number of nitrogens with zero attached hydrogens (tertiary/aromatic N) is 3. The van der Waals surface area contributed by atoms with Crippen molar-refractivity contribution in [1.82, 2.24) is 19.5 Å². The van der Waals surface area contributed by atoms with Crippen LogP contribution < -0.4 is 10.9 Å². The van der Waals surface area contributed by atoms with Crippen molar-refractivity contribution in [3.63, 3.8) is 0 Å². The number of hydrogen-bond donors (Lipinski definition) is 1. The molecule has 0 spiro atoms. The molecule has 1 amide bonds. The summed E-state index contributed by atoms with van der Waals surface area (Å²) in [6.07, 6.45) is 8.77. The van der Waals surface area contributed by atoms with Gasteiger partial charge < -0.3 is 9.88 Å². The van der Waals surface area contributed by atoms with Gasteiger partial charge in [-0.3, -0.25) is 9.59 Å². The van der Waals surface area contributed by atoms with Gasteiger partial charge in [0, 0.05) is 30.1 Å². The van der Waals surface area contributed by atoms with Crippen LogP contribution in [0.15, 0.2) is 41.5 Å². The van der Waals surface area contributed by atoms with Crippen molar-refractivity contribution in [2.45, 2.75) is 52.5 Å². The standard InChI is InChI=1S/C23H28N4O2/c1-16(2)11-12-24-22(28)18-9-7-17(8-10-18)15-26-13-14-27-21(23(26)29)19-5-3-4-6-20(19)25-27/h7-10,13-14,16H,3-6,11-12,15H2,1-2H3,(H,24,28). The number of rotatable bonds is 6. The zero-order valence-corrected chi connectivity index (χ0v) is 17.1. The fourth-order valence-corrected chi connectivity index (χ4v) is 3.91. The van der Waals surface area contributed by atoms with Crippen LogP contribution in [0.1, 0.15) is 60.3 Å². The average Bonchev–Trinajstić information content (AvgIpc) is 3.09. The molecule has 2 heterocycles. The highest BCUT2D eigenvalue weighted by molar-refractivity contribution is 5.94. The molecule has 0 aliphatic heterocycles. The number of amides is 1. The summed E-state index contributed by atoms with van der Waals surface area (Å²) in [6.45, 7) is 5.44. The van der Waals surface area contributed by atoms with E-state index in [0.717, 1.165) is 48.9 Å². The fourth-order valence-electron chi connectivity index (χ4n) is 3.91. The van der Waals surface area contributed by atoms with Gasteiger partial charge in [0.15, 0.2) is 0 Å². The Labute approximate surface area is 170 Å². The Bertz CT molecular complexity index is 1080. The van der Waals surface area contributed by atoms with Crippen molar-refractivity contribution in [2.24, 2.45) is 5.92 Å². The minimum atomic E-state index is -0.0540. The topological polar surface area (TPSA) is 68.4 Å². The first kappa shape index (κ1) is 19.4. The Balaban J connectivity index is 1.51. The highest BCUT2D eigenvalue weighted by atomic mass is 16.1. The van der Waals surface area contributed by atoms with Crippen LogP contribution in [0.25, 0.3) is 5.52 Å². The fraction of sp³-hybridized carbons (Fsp3) is 0.435. The second kappa shape index (κ2) is 8.23. The maximum atomic E-state index is 13.1. The SMILES string of the molecule is CC(C)CCNC(=O)c1ccc(Cn2ccn3nc4c(c3c2=O)CCCC4)cc1. The predicted octanol–water partition coefficient (Wildman–Crippen LogP) is 3.20. The van der Waals surface area contributed by atoms with E-state index in [1.807, 2.05) is 30.5 Å². The van der Waals surface area contributed by atoms with Gasteiger partial charge in [0.05, 0.1) is 12.2 Å². The lowest BCUT2D eigenvalue weighted by Crippen LogP contribution is -2.25. The number of aryl methyl sites for hydroxylation is 2. The summed E-state index contributed by atoms with van der Waals surface area (Å²) in [6, 6.07) is 7.48. The third kappa shape index (κ3) is 4.11. The van der Waals surface area contributed by atoms with E-state index in [9.17, 15) is 9.59 Å². The van der Waals surface area contributed by atoms with Crippen LogP contribution >= 0.6 is 0 Å². The van der Waals surface area contributed by atoms with E-state index < -0.39 is 0 Å². The molecule has 0 fully saturated rings. The second-order valence-electron chi connectivity index (χ2n) is 8.29. The van der Waals surface area contributed by atoms with E-state index in [-0.39, 0.29) is 11.5 Å². The Morgan fingerprint density at radius 2 is 1.90 bits per heavy atom. The first-order valence-electron chi connectivity index (χ1n) is 10.5. The molecule has 6 heteroatoms. The number of benzene rings is 1. The zero-order valence-electron chi connectivity index (χ0n) is 17.1. The Hall–Kier alpha value is -2.89. The van der Waals surface area contributed by atoms with Crippen molar-refractivity contribution in [3.05, 3.63) is 69.4 Å². The van der Waals surface area contributed by atoms with Crippen LogP contribution in [0.4, 0.5) is 0 Å². The van der Waals surface area contributed by atoms with E-state index in [1.165, 1.54) is 0 Å². The van der Waals surface area contributed by atoms with Gasteiger partial charge in [-0.25, -0.2) is 4.52 Å². The van der Waals surface area contributed by atoms with Crippen molar-refractivity contribution >= 4 is 11.4 Å². The molecular formula is C23H28N4O2. The van der Waals surface area contributed by atoms with Gasteiger partial charge in [0.25, 0.3) is 11.5 Å². The predicted molar refractivity (Wildman–Crippen MR) is 113 cm³/mol. The molecule has 0 saturated carbocycles.